The first-order valence-electron chi connectivity index (χ1n) is 12.2. The third-order valence-electron chi connectivity index (χ3n) is 5.94. The van der Waals surface area contributed by atoms with Crippen molar-refractivity contribution in [2.24, 2.45) is 5.73 Å². The van der Waals surface area contributed by atoms with Crippen LogP contribution in [0.1, 0.15) is 24.8 Å². The Bertz CT molecular complexity index is 1160. The second kappa shape index (κ2) is 16.0. The Morgan fingerprint density at radius 1 is 0.872 bits per heavy atom. The fourth-order valence-corrected chi connectivity index (χ4v) is 4.77. The molecular formula is C25H35N5O7S2. The molecular weight excluding hydrogens is 546 g/mol. The summed E-state index contributed by atoms with van der Waals surface area (Å²) >= 11 is 2.91. The molecule has 1 heterocycles. The van der Waals surface area contributed by atoms with Gasteiger partial charge in [-0.25, -0.2) is 4.79 Å². The van der Waals surface area contributed by atoms with Crippen molar-refractivity contribution in [1.82, 2.24) is 20.9 Å². The number of aliphatic carboxylic acids is 2. The molecule has 0 aliphatic rings. The first-order chi connectivity index (χ1) is 18.6. The third kappa shape index (κ3) is 10.1. The number of carboxylic acid groups (broad SMARTS) is 2. The maximum Gasteiger partial charge on any atom is 0.326 e. The molecule has 8 N–H and O–H groups in total. The third-order valence-corrected chi connectivity index (χ3v) is 7.23. The number of hydrogen-bond donors (Lipinski definition) is 7. The van der Waals surface area contributed by atoms with Gasteiger partial charge in [-0.1, -0.05) is 18.2 Å². The summed E-state index contributed by atoms with van der Waals surface area (Å²) in [7, 11) is 0. The van der Waals surface area contributed by atoms with E-state index in [4.69, 9.17) is 5.73 Å². The summed E-state index contributed by atoms with van der Waals surface area (Å²) in [5.41, 5.74) is 7.35. The number of aromatic nitrogens is 1. The van der Waals surface area contributed by atoms with Gasteiger partial charge in [-0.05, 0) is 48.5 Å². The highest BCUT2D eigenvalue weighted by molar-refractivity contribution is 7.98. The molecule has 2 rings (SSSR count). The Morgan fingerprint density at radius 3 is 2.10 bits per heavy atom. The number of carboxylic acids is 2. The minimum absolute atomic E-state index is 0.0164. The average molecular weight is 582 g/mol. The molecule has 0 saturated heterocycles. The number of amides is 3. The van der Waals surface area contributed by atoms with Crippen LogP contribution in [-0.2, 0) is 30.4 Å². The molecule has 0 aliphatic carbocycles. The Labute approximate surface area is 234 Å². The van der Waals surface area contributed by atoms with Gasteiger partial charge < -0.3 is 36.9 Å². The number of aromatic amines is 1. The number of hydrogen-bond acceptors (Lipinski definition) is 8. The van der Waals surface area contributed by atoms with Crippen molar-refractivity contribution in [2.75, 3.05) is 24.0 Å². The summed E-state index contributed by atoms with van der Waals surface area (Å²) in [6.07, 6.45) is 5.08. The lowest BCUT2D eigenvalue weighted by Crippen LogP contribution is -2.58. The standard InChI is InChI=1S/C25H35N5O7S2/c1-38-9-7-16(26)22(33)29-20(12-21(31)32)24(35)30-19(23(34)28-18(25(36)37)8-10-39-2)11-14-13-27-17-6-4-3-5-15(14)17/h3-6,13,16,18-20,27H,7-12,26H2,1-2H3,(H,28,34)(H,29,33)(H,30,35)(H,31,32)(H,36,37). The quantitative estimate of drug-likeness (QED) is 0.138. The molecule has 214 valence electrons. The molecule has 12 nitrogen and oxygen atoms in total. The lowest BCUT2D eigenvalue weighted by atomic mass is 10.0. The monoisotopic (exact) mass is 581 g/mol. The number of H-pyrrole nitrogens is 1. The minimum Gasteiger partial charge on any atom is -0.481 e. The van der Waals surface area contributed by atoms with E-state index in [9.17, 15) is 34.2 Å². The van der Waals surface area contributed by atoms with E-state index in [2.05, 4.69) is 20.9 Å². The molecule has 0 saturated carbocycles. The van der Waals surface area contributed by atoms with Crippen molar-refractivity contribution in [3.63, 3.8) is 0 Å². The van der Waals surface area contributed by atoms with Crippen molar-refractivity contribution in [2.45, 2.75) is 49.9 Å². The number of nitrogens with two attached hydrogens (primary N) is 1. The molecule has 39 heavy (non-hydrogen) atoms. The van der Waals surface area contributed by atoms with E-state index in [0.29, 0.717) is 23.5 Å². The van der Waals surface area contributed by atoms with Crippen molar-refractivity contribution < 1.29 is 34.2 Å². The first-order valence-corrected chi connectivity index (χ1v) is 15.0. The Balaban J connectivity index is 2.30. The molecule has 14 heteroatoms. The predicted octanol–water partition coefficient (Wildman–Crippen LogP) is 0.558. The van der Waals surface area contributed by atoms with Crippen molar-refractivity contribution in [3.05, 3.63) is 36.0 Å². The van der Waals surface area contributed by atoms with E-state index < -0.39 is 60.2 Å². The van der Waals surface area contributed by atoms with Crippen molar-refractivity contribution in [3.8, 4) is 0 Å². The number of rotatable bonds is 17. The average Bonchev–Trinajstić information content (AvgIpc) is 3.30. The summed E-state index contributed by atoms with van der Waals surface area (Å²) in [5.74, 6) is -3.82. The molecule has 4 unspecified atom stereocenters. The fraction of sp³-hybridized carbons (Fsp3) is 0.480. The van der Waals surface area contributed by atoms with Gasteiger partial charge in [0.2, 0.25) is 17.7 Å². The van der Waals surface area contributed by atoms with E-state index in [1.165, 1.54) is 23.5 Å². The van der Waals surface area contributed by atoms with Crippen LogP contribution in [0.4, 0.5) is 0 Å². The minimum atomic E-state index is -1.50. The van der Waals surface area contributed by atoms with Gasteiger partial charge in [-0.15, -0.1) is 0 Å². The van der Waals surface area contributed by atoms with E-state index >= 15 is 0 Å². The SMILES string of the molecule is CSCCC(N)C(=O)NC(CC(=O)O)C(=O)NC(Cc1c[nH]c2ccccc12)C(=O)NC(CCSC)C(=O)O. The highest BCUT2D eigenvalue weighted by atomic mass is 32.2. The lowest BCUT2D eigenvalue weighted by Gasteiger charge is -2.24. The summed E-state index contributed by atoms with van der Waals surface area (Å²) in [4.78, 5) is 65.3. The lowest BCUT2D eigenvalue weighted by molar-refractivity contribution is -0.143. The van der Waals surface area contributed by atoms with Crippen LogP contribution in [0.15, 0.2) is 30.5 Å². The molecule has 0 radical (unpaired) electrons. The van der Waals surface area contributed by atoms with Gasteiger partial charge in [0.1, 0.15) is 18.1 Å². The number of para-hydroxylation sites is 1. The first kappa shape index (κ1) is 32.0. The Kier molecular flexibility index (Phi) is 13.1. The topological polar surface area (TPSA) is 204 Å². The van der Waals surface area contributed by atoms with Crippen molar-refractivity contribution >= 4 is 64.1 Å². The van der Waals surface area contributed by atoms with Gasteiger partial charge in [0, 0.05) is 23.5 Å². The number of fused-ring (bicyclic) bond motifs is 1. The maximum atomic E-state index is 13.3. The van der Waals surface area contributed by atoms with Crippen LogP contribution in [0, 0.1) is 0 Å². The Morgan fingerprint density at radius 2 is 1.46 bits per heavy atom. The molecule has 2 aromatic rings. The van der Waals surface area contributed by atoms with Crippen LogP contribution in [0.25, 0.3) is 10.9 Å². The molecule has 0 bridgehead atoms. The molecule has 0 spiro atoms. The summed E-state index contributed by atoms with van der Waals surface area (Å²) in [6, 6.07) is 2.44. The maximum absolute atomic E-state index is 13.3. The van der Waals surface area contributed by atoms with Gasteiger partial charge in [-0.3, -0.25) is 19.2 Å². The number of nitrogens with one attached hydrogen (secondary N) is 4. The summed E-state index contributed by atoms with van der Waals surface area (Å²) < 4.78 is 0. The van der Waals surface area contributed by atoms with Gasteiger partial charge in [0.05, 0.1) is 12.5 Å². The molecule has 1 aromatic heterocycles. The molecule has 0 fully saturated rings. The number of benzene rings is 1. The van der Waals surface area contributed by atoms with Crippen LogP contribution in [0.3, 0.4) is 0 Å². The number of thioether (sulfide) groups is 2. The molecule has 3 amide bonds. The fourth-order valence-electron chi connectivity index (χ4n) is 3.81. The predicted molar refractivity (Wildman–Crippen MR) is 152 cm³/mol. The van der Waals surface area contributed by atoms with Gasteiger partial charge >= 0.3 is 11.9 Å². The smallest absolute Gasteiger partial charge is 0.326 e. The zero-order valence-electron chi connectivity index (χ0n) is 21.8. The summed E-state index contributed by atoms with van der Waals surface area (Å²) in [6.45, 7) is 0. The van der Waals surface area contributed by atoms with E-state index in [0.717, 1.165) is 10.9 Å². The van der Waals surface area contributed by atoms with Crippen LogP contribution in [0.2, 0.25) is 0 Å². The van der Waals surface area contributed by atoms with Crippen molar-refractivity contribution in [1.29, 1.82) is 0 Å². The second-order valence-electron chi connectivity index (χ2n) is 8.85. The molecule has 0 aliphatic heterocycles. The van der Waals surface area contributed by atoms with E-state index in [1.807, 2.05) is 36.8 Å². The van der Waals surface area contributed by atoms with Crippen LogP contribution in [-0.4, -0.2) is 93.0 Å². The largest absolute Gasteiger partial charge is 0.481 e. The normalized spacial score (nSPS) is 14.1. The Hall–Kier alpha value is -3.23. The number of carbonyl (C=O) groups is 5. The zero-order chi connectivity index (χ0) is 28.9. The highest BCUT2D eigenvalue weighted by Gasteiger charge is 2.32. The second-order valence-corrected chi connectivity index (χ2v) is 10.8. The van der Waals surface area contributed by atoms with Crippen LogP contribution >= 0.6 is 23.5 Å². The highest BCUT2D eigenvalue weighted by Crippen LogP contribution is 2.19. The van der Waals surface area contributed by atoms with E-state index in [-0.39, 0.29) is 12.8 Å². The van der Waals surface area contributed by atoms with Crippen LogP contribution < -0.4 is 21.7 Å². The van der Waals surface area contributed by atoms with Gasteiger partial charge in [-0.2, -0.15) is 23.5 Å². The van der Waals surface area contributed by atoms with Crippen LogP contribution in [0.5, 0.6) is 0 Å². The number of carbonyl (C=O) groups excluding carboxylic acids is 3. The molecule has 4 atom stereocenters. The van der Waals surface area contributed by atoms with E-state index in [1.54, 1.807) is 6.20 Å². The molecule has 1 aromatic carbocycles. The van der Waals surface area contributed by atoms with Gasteiger partial charge in [0.15, 0.2) is 0 Å². The summed E-state index contributed by atoms with van der Waals surface area (Å²) in [5, 5.41) is 27.1. The van der Waals surface area contributed by atoms with Gasteiger partial charge in [0.25, 0.3) is 0 Å². The zero-order valence-corrected chi connectivity index (χ0v) is 23.4.